The molecular formula is C10H12O. The molecule has 11 heavy (non-hydrogen) atoms. The molecular weight excluding hydrogens is 136 g/mol. The van der Waals surface area contributed by atoms with Crippen LogP contribution < -0.4 is 0 Å². The maximum absolute atomic E-state index is 10.9. The van der Waals surface area contributed by atoms with E-state index in [-0.39, 0.29) is 5.78 Å². The predicted octanol–water partition coefficient (Wildman–Crippen LogP) is 2.41. The zero-order chi connectivity index (χ0) is 8.27. The van der Waals surface area contributed by atoms with E-state index in [0.29, 0.717) is 0 Å². The van der Waals surface area contributed by atoms with Crippen molar-refractivity contribution in [2.75, 3.05) is 0 Å². The first-order valence-corrected chi connectivity index (χ1v) is 3.77. The van der Waals surface area contributed by atoms with Crippen LogP contribution in [0.4, 0.5) is 0 Å². The van der Waals surface area contributed by atoms with Gasteiger partial charge in [-0.2, -0.15) is 0 Å². The maximum Gasteiger partial charge on any atom is 0.155 e. The predicted molar refractivity (Wildman–Crippen MR) is 46.3 cm³/mol. The van der Waals surface area contributed by atoms with E-state index < -0.39 is 0 Å². The number of allylic oxidation sites excluding steroid dienone is 5. The van der Waals surface area contributed by atoms with Gasteiger partial charge in [0.15, 0.2) is 5.78 Å². The molecule has 1 aliphatic rings. The number of carbonyl (C=O) groups is 1. The Balaban J connectivity index is 2.76. The van der Waals surface area contributed by atoms with Crippen molar-refractivity contribution in [1.29, 1.82) is 0 Å². The van der Waals surface area contributed by atoms with Gasteiger partial charge in [0.05, 0.1) is 0 Å². The lowest BCUT2D eigenvalue weighted by atomic mass is 9.96. The Morgan fingerprint density at radius 1 is 1.55 bits per heavy atom. The Morgan fingerprint density at radius 3 is 2.64 bits per heavy atom. The summed E-state index contributed by atoms with van der Waals surface area (Å²) in [5, 5.41) is 0. The van der Waals surface area contributed by atoms with Crippen LogP contribution in [0.2, 0.25) is 0 Å². The van der Waals surface area contributed by atoms with Gasteiger partial charge in [-0.3, -0.25) is 4.79 Å². The summed E-state index contributed by atoms with van der Waals surface area (Å²) in [5.74, 6) is 0.185. The minimum Gasteiger partial charge on any atom is -0.295 e. The monoisotopic (exact) mass is 148 g/mol. The van der Waals surface area contributed by atoms with Crippen LogP contribution in [0.1, 0.15) is 19.8 Å². The number of hydrogen-bond acceptors (Lipinski definition) is 1. The van der Waals surface area contributed by atoms with Crippen molar-refractivity contribution in [3.05, 3.63) is 36.0 Å². The van der Waals surface area contributed by atoms with Crippen molar-refractivity contribution in [2.24, 2.45) is 0 Å². The molecule has 0 spiro atoms. The normalized spacial score (nSPS) is 16.8. The molecule has 1 aliphatic carbocycles. The van der Waals surface area contributed by atoms with E-state index in [2.05, 4.69) is 6.58 Å². The van der Waals surface area contributed by atoms with Crippen molar-refractivity contribution < 1.29 is 4.79 Å². The van der Waals surface area contributed by atoms with Gasteiger partial charge >= 0.3 is 0 Å². The van der Waals surface area contributed by atoms with Crippen molar-refractivity contribution >= 4 is 5.78 Å². The van der Waals surface area contributed by atoms with Gasteiger partial charge < -0.3 is 0 Å². The third kappa shape index (κ3) is 1.90. The van der Waals surface area contributed by atoms with E-state index in [1.165, 1.54) is 5.57 Å². The molecule has 0 aliphatic heterocycles. The molecule has 1 rings (SSSR count). The summed E-state index contributed by atoms with van der Waals surface area (Å²) in [7, 11) is 0. The molecule has 0 bridgehead atoms. The molecule has 1 heteroatoms. The van der Waals surface area contributed by atoms with Crippen molar-refractivity contribution in [2.45, 2.75) is 19.8 Å². The first kappa shape index (κ1) is 7.99. The highest BCUT2D eigenvalue weighted by molar-refractivity contribution is 5.93. The zero-order valence-corrected chi connectivity index (χ0v) is 6.76. The molecule has 0 saturated heterocycles. The Morgan fingerprint density at radius 2 is 2.27 bits per heavy atom. The average molecular weight is 148 g/mol. The molecule has 0 saturated carbocycles. The molecule has 0 aromatic heterocycles. The summed E-state index contributed by atoms with van der Waals surface area (Å²) in [6, 6.07) is 0. The number of carbonyl (C=O) groups excluding carboxylic acids is 1. The summed E-state index contributed by atoms with van der Waals surface area (Å²) in [6.07, 6.45) is 7.52. The van der Waals surface area contributed by atoms with Gasteiger partial charge in [-0.25, -0.2) is 0 Å². The lowest BCUT2D eigenvalue weighted by Gasteiger charge is -2.08. The number of rotatable bonds is 2. The maximum atomic E-state index is 10.9. The van der Waals surface area contributed by atoms with E-state index in [4.69, 9.17) is 0 Å². The van der Waals surface area contributed by atoms with Crippen molar-refractivity contribution in [1.82, 2.24) is 0 Å². The fourth-order valence-electron chi connectivity index (χ4n) is 1.12. The van der Waals surface area contributed by atoms with Crippen molar-refractivity contribution in [3.8, 4) is 0 Å². The van der Waals surface area contributed by atoms with Crippen LogP contribution in [-0.2, 0) is 4.79 Å². The van der Waals surface area contributed by atoms with E-state index in [0.717, 1.165) is 18.4 Å². The van der Waals surface area contributed by atoms with E-state index in [1.807, 2.05) is 18.2 Å². The fourth-order valence-corrected chi connectivity index (χ4v) is 1.12. The number of Topliss-reactive ketones (excluding diaryl/α,β-unsaturated/α-hetero) is 1. The Kier molecular flexibility index (Phi) is 2.42. The van der Waals surface area contributed by atoms with E-state index in [1.54, 1.807) is 6.92 Å². The Hall–Kier alpha value is -1.11. The minimum absolute atomic E-state index is 0.185. The Labute approximate surface area is 67.1 Å². The minimum atomic E-state index is 0.185. The summed E-state index contributed by atoms with van der Waals surface area (Å²) >= 11 is 0. The summed E-state index contributed by atoms with van der Waals surface area (Å²) in [5.41, 5.74) is 2.14. The second kappa shape index (κ2) is 3.33. The summed E-state index contributed by atoms with van der Waals surface area (Å²) in [6.45, 7) is 5.28. The molecule has 0 N–H and O–H groups in total. The molecule has 0 fully saturated rings. The molecule has 0 amide bonds. The molecule has 0 radical (unpaired) electrons. The van der Waals surface area contributed by atoms with Crippen LogP contribution in [-0.4, -0.2) is 5.78 Å². The summed E-state index contributed by atoms with van der Waals surface area (Å²) < 4.78 is 0. The van der Waals surface area contributed by atoms with E-state index >= 15 is 0 Å². The standard InChI is InChI=1S/C10H12O/c1-3-9-4-6-10(7-5-9)8(2)11/h3-4,6H,1,5,7H2,2H3. The van der Waals surface area contributed by atoms with Crippen LogP contribution in [0.25, 0.3) is 0 Å². The van der Waals surface area contributed by atoms with Gasteiger partial charge in [-0.15, -0.1) is 0 Å². The number of hydrogen-bond donors (Lipinski definition) is 0. The quantitative estimate of drug-likeness (QED) is 0.587. The molecule has 58 valence electrons. The topological polar surface area (TPSA) is 17.1 Å². The van der Waals surface area contributed by atoms with Gasteiger partial charge in [0.1, 0.15) is 0 Å². The third-order valence-electron chi connectivity index (χ3n) is 1.90. The molecule has 0 unspecified atom stereocenters. The third-order valence-corrected chi connectivity index (χ3v) is 1.90. The van der Waals surface area contributed by atoms with Gasteiger partial charge in [-0.05, 0) is 30.9 Å². The second-order valence-corrected chi connectivity index (χ2v) is 2.69. The van der Waals surface area contributed by atoms with Crippen LogP contribution >= 0.6 is 0 Å². The van der Waals surface area contributed by atoms with Crippen molar-refractivity contribution in [3.63, 3.8) is 0 Å². The van der Waals surface area contributed by atoms with E-state index in [9.17, 15) is 4.79 Å². The highest BCUT2D eigenvalue weighted by Gasteiger charge is 2.06. The lowest BCUT2D eigenvalue weighted by molar-refractivity contribution is -0.113. The van der Waals surface area contributed by atoms with Crippen LogP contribution in [0.15, 0.2) is 36.0 Å². The van der Waals surface area contributed by atoms with Crippen LogP contribution in [0.3, 0.4) is 0 Å². The number of ketones is 1. The lowest BCUT2D eigenvalue weighted by Crippen LogP contribution is -2.00. The smallest absolute Gasteiger partial charge is 0.155 e. The highest BCUT2D eigenvalue weighted by Crippen LogP contribution is 2.18. The zero-order valence-electron chi connectivity index (χ0n) is 6.76. The SMILES string of the molecule is C=CC1=CC=C(C(C)=O)CC1. The van der Waals surface area contributed by atoms with Gasteiger partial charge in [0.2, 0.25) is 0 Å². The van der Waals surface area contributed by atoms with Crippen LogP contribution in [0.5, 0.6) is 0 Å². The van der Waals surface area contributed by atoms with Crippen LogP contribution in [0, 0.1) is 0 Å². The molecule has 0 heterocycles. The molecule has 0 aromatic rings. The fraction of sp³-hybridized carbons (Fsp3) is 0.300. The molecule has 0 aromatic carbocycles. The first-order chi connectivity index (χ1) is 5.24. The van der Waals surface area contributed by atoms with Gasteiger partial charge in [-0.1, -0.05) is 24.8 Å². The molecule has 0 atom stereocenters. The van der Waals surface area contributed by atoms with Gasteiger partial charge in [0.25, 0.3) is 0 Å². The molecule has 1 nitrogen and oxygen atoms in total. The average Bonchev–Trinajstić information content (AvgIpc) is 2.05. The van der Waals surface area contributed by atoms with Gasteiger partial charge in [0, 0.05) is 0 Å². The highest BCUT2D eigenvalue weighted by atomic mass is 16.1. The second-order valence-electron chi connectivity index (χ2n) is 2.69. The first-order valence-electron chi connectivity index (χ1n) is 3.77. The largest absolute Gasteiger partial charge is 0.295 e. The summed E-state index contributed by atoms with van der Waals surface area (Å²) in [4.78, 5) is 10.9. The Bertz CT molecular complexity index is 244.